The molecule has 0 aliphatic rings. The number of sulfonamides is 1. The Hall–Kier alpha value is -0.500. The van der Waals surface area contributed by atoms with Gasteiger partial charge >= 0.3 is 0 Å². The van der Waals surface area contributed by atoms with Gasteiger partial charge in [-0.3, -0.25) is 0 Å². The van der Waals surface area contributed by atoms with Crippen molar-refractivity contribution in [1.82, 2.24) is 9.71 Å². The van der Waals surface area contributed by atoms with Crippen molar-refractivity contribution in [2.24, 2.45) is 0 Å². The van der Waals surface area contributed by atoms with Gasteiger partial charge < -0.3 is 4.74 Å². The van der Waals surface area contributed by atoms with E-state index in [4.69, 9.17) is 4.74 Å². The third kappa shape index (κ3) is 7.67. The zero-order valence-corrected chi connectivity index (χ0v) is 16.0. The highest BCUT2D eigenvalue weighted by molar-refractivity contribution is 7.89. The molecule has 22 heavy (non-hydrogen) atoms. The largest absolute Gasteiger partial charge is 0.375 e. The number of nitrogens with zero attached hydrogens (tertiary/aromatic N) is 1. The SMILES string of the molecule is CC(C)(C)OCCS(=O)(=O)NCCc1nc(C(C)(C)C)cs1. The summed E-state index contributed by atoms with van der Waals surface area (Å²) in [6.45, 7) is 12.6. The average molecular weight is 349 g/mol. The molecule has 1 N–H and O–H groups in total. The van der Waals surface area contributed by atoms with Crippen LogP contribution in [-0.4, -0.2) is 37.9 Å². The molecule has 0 spiro atoms. The molecule has 0 aliphatic heterocycles. The van der Waals surface area contributed by atoms with Gasteiger partial charge in [0.1, 0.15) is 0 Å². The van der Waals surface area contributed by atoms with Crippen LogP contribution in [0, 0.1) is 0 Å². The minimum atomic E-state index is -3.29. The second kappa shape index (κ2) is 7.38. The van der Waals surface area contributed by atoms with Crippen LogP contribution in [0.5, 0.6) is 0 Å². The Morgan fingerprint density at radius 1 is 1.23 bits per heavy atom. The predicted molar refractivity (Wildman–Crippen MR) is 92.0 cm³/mol. The fraction of sp³-hybridized carbons (Fsp3) is 0.800. The normalized spacial score (nSPS) is 13.5. The van der Waals surface area contributed by atoms with E-state index < -0.39 is 10.0 Å². The van der Waals surface area contributed by atoms with Crippen molar-refractivity contribution in [3.63, 3.8) is 0 Å². The lowest BCUT2D eigenvalue weighted by Gasteiger charge is -2.19. The maximum atomic E-state index is 11.9. The van der Waals surface area contributed by atoms with Gasteiger partial charge in [-0.2, -0.15) is 0 Å². The Morgan fingerprint density at radius 2 is 1.86 bits per heavy atom. The third-order valence-corrected chi connectivity index (χ3v) is 5.12. The summed E-state index contributed by atoms with van der Waals surface area (Å²) >= 11 is 1.58. The first-order valence-corrected chi connectivity index (χ1v) is 9.98. The van der Waals surface area contributed by atoms with Crippen molar-refractivity contribution in [3.05, 3.63) is 16.1 Å². The number of hydrogen-bond acceptors (Lipinski definition) is 5. The van der Waals surface area contributed by atoms with E-state index in [-0.39, 0.29) is 23.4 Å². The summed E-state index contributed by atoms with van der Waals surface area (Å²) in [5.41, 5.74) is 0.757. The first-order valence-electron chi connectivity index (χ1n) is 7.45. The molecule has 0 aliphatic carbocycles. The summed E-state index contributed by atoms with van der Waals surface area (Å²) in [7, 11) is -3.29. The highest BCUT2D eigenvalue weighted by Crippen LogP contribution is 2.23. The van der Waals surface area contributed by atoms with Crippen molar-refractivity contribution >= 4 is 21.4 Å². The molecule has 1 aromatic rings. The molecule has 0 saturated heterocycles. The second-order valence-corrected chi connectivity index (χ2v) is 10.2. The Labute approximate surface area is 138 Å². The van der Waals surface area contributed by atoms with Crippen molar-refractivity contribution in [1.29, 1.82) is 0 Å². The van der Waals surface area contributed by atoms with E-state index in [2.05, 4.69) is 30.5 Å². The smallest absolute Gasteiger partial charge is 0.213 e. The van der Waals surface area contributed by atoms with E-state index in [9.17, 15) is 8.42 Å². The maximum Gasteiger partial charge on any atom is 0.213 e. The van der Waals surface area contributed by atoms with Gasteiger partial charge in [0.15, 0.2) is 0 Å². The molecule has 0 fully saturated rings. The van der Waals surface area contributed by atoms with Crippen molar-refractivity contribution in [3.8, 4) is 0 Å². The molecule has 1 heterocycles. The van der Waals surface area contributed by atoms with Gasteiger partial charge in [-0.15, -0.1) is 11.3 Å². The molecule has 7 heteroatoms. The van der Waals surface area contributed by atoms with Crippen LogP contribution in [-0.2, 0) is 26.6 Å². The minimum Gasteiger partial charge on any atom is -0.375 e. The van der Waals surface area contributed by atoms with Crippen LogP contribution in [0.15, 0.2) is 5.38 Å². The lowest BCUT2D eigenvalue weighted by Crippen LogP contribution is -2.32. The second-order valence-electron chi connectivity index (χ2n) is 7.30. The number of thiazole rings is 1. The highest BCUT2D eigenvalue weighted by atomic mass is 32.2. The number of nitrogens with one attached hydrogen (secondary N) is 1. The molecule has 0 saturated carbocycles. The van der Waals surface area contributed by atoms with Crippen LogP contribution < -0.4 is 4.72 Å². The Bertz CT molecular complexity index is 566. The van der Waals surface area contributed by atoms with E-state index in [1.54, 1.807) is 11.3 Å². The van der Waals surface area contributed by atoms with Crippen LogP contribution in [0.25, 0.3) is 0 Å². The van der Waals surface area contributed by atoms with Crippen LogP contribution in [0.2, 0.25) is 0 Å². The number of rotatable bonds is 7. The summed E-state index contributed by atoms with van der Waals surface area (Å²) in [5.74, 6) is -0.0185. The Kier molecular flexibility index (Phi) is 6.56. The van der Waals surface area contributed by atoms with Crippen LogP contribution in [0.1, 0.15) is 52.2 Å². The lowest BCUT2D eigenvalue weighted by atomic mass is 9.93. The van der Waals surface area contributed by atoms with Crippen LogP contribution >= 0.6 is 11.3 Å². The number of hydrogen-bond donors (Lipinski definition) is 1. The average Bonchev–Trinajstić information content (AvgIpc) is 2.74. The van der Waals surface area contributed by atoms with Gasteiger partial charge in [-0.25, -0.2) is 18.1 Å². The highest BCUT2D eigenvalue weighted by Gasteiger charge is 2.18. The minimum absolute atomic E-state index is 0.0185. The molecule has 128 valence electrons. The van der Waals surface area contributed by atoms with Crippen LogP contribution in [0.4, 0.5) is 0 Å². The van der Waals surface area contributed by atoms with Gasteiger partial charge in [0.2, 0.25) is 10.0 Å². The molecule has 0 amide bonds. The summed E-state index contributed by atoms with van der Waals surface area (Å²) in [6, 6.07) is 0. The standard InChI is InChI=1S/C15H28N2O3S2/c1-14(2,3)12-11-21-13(17-12)7-8-16-22(18,19)10-9-20-15(4,5)6/h11,16H,7-10H2,1-6H3. The fourth-order valence-corrected chi connectivity index (χ4v) is 3.50. The molecular weight excluding hydrogens is 320 g/mol. The monoisotopic (exact) mass is 348 g/mol. The van der Waals surface area contributed by atoms with Crippen molar-refractivity contribution in [2.75, 3.05) is 18.9 Å². The zero-order chi connectivity index (χ0) is 17.0. The molecule has 0 radical (unpaired) electrons. The quantitative estimate of drug-likeness (QED) is 0.822. The first kappa shape index (κ1) is 19.5. The molecule has 5 nitrogen and oxygen atoms in total. The van der Waals surface area contributed by atoms with Gasteiger partial charge in [0, 0.05) is 23.8 Å². The maximum absolute atomic E-state index is 11.9. The van der Waals surface area contributed by atoms with E-state index >= 15 is 0 Å². The summed E-state index contributed by atoms with van der Waals surface area (Å²) < 4.78 is 31.8. The molecule has 0 atom stereocenters. The first-order chi connectivity index (χ1) is 9.89. The topological polar surface area (TPSA) is 68.3 Å². The fourth-order valence-electron chi connectivity index (χ4n) is 1.61. The van der Waals surface area contributed by atoms with E-state index in [1.807, 2.05) is 26.2 Å². The predicted octanol–water partition coefficient (Wildman–Crippen LogP) is 2.72. The molecular formula is C15H28N2O3S2. The summed E-state index contributed by atoms with van der Waals surface area (Å²) in [4.78, 5) is 4.55. The molecule has 1 rings (SSSR count). The van der Waals surface area contributed by atoms with E-state index in [0.29, 0.717) is 13.0 Å². The Morgan fingerprint density at radius 3 is 2.36 bits per heavy atom. The summed E-state index contributed by atoms with van der Waals surface area (Å²) in [6.07, 6.45) is 0.611. The Balaban J connectivity index is 2.38. The molecule has 0 aromatic carbocycles. The van der Waals surface area contributed by atoms with E-state index in [1.165, 1.54) is 0 Å². The van der Waals surface area contributed by atoms with Crippen LogP contribution in [0.3, 0.4) is 0 Å². The van der Waals surface area contributed by atoms with Gasteiger partial charge in [-0.1, -0.05) is 20.8 Å². The number of ether oxygens (including phenoxy) is 1. The zero-order valence-electron chi connectivity index (χ0n) is 14.4. The van der Waals surface area contributed by atoms with E-state index in [0.717, 1.165) is 10.7 Å². The molecule has 0 bridgehead atoms. The van der Waals surface area contributed by atoms with Gasteiger partial charge in [-0.05, 0) is 20.8 Å². The van der Waals surface area contributed by atoms with Gasteiger partial charge in [0.05, 0.1) is 28.7 Å². The third-order valence-electron chi connectivity index (χ3n) is 2.87. The molecule has 0 unspecified atom stereocenters. The summed E-state index contributed by atoms with van der Waals surface area (Å²) in [5, 5.41) is 3.00. The van der Waals surface area contributed by atoms with Gasteiger partial charge in [0.25, 0.3) is 0 Å². The number of aromatic nitrogens is 1. The van der Waals surface area contributed by atoms with Crippen molar-refractivity contribution in [2.45, 2.75) is 59.0 Å². The molecule has 1 aromatic heterocycles. The lowest BCUT2D eigenvalue weighted by molar-refractivity contribution is 0.00639. The van der Waals surface area contributed by atoms with Crippen molar-refractivity contribution < 1.29 is 13.2 Å².